The zero-order valence-corrected chi connectivity index (χ0v) is 30.7. The fourth-order valence-electron chi connectivity index (χ4n) is 8.95. The maximum absolute atomic E-state index is 6.80. The molecule has 3 aromatic heterocycles. The molecule has 6 heteroatoms. The summed E-state index contributed by atoms with van der Waals surface area (Å²) < 4.78 is 15.9. The van der Waals surface area contributed by atoms with Crippen LogP contribution in [0.2, 0.25) is 0 Å². The highest BCUT2D eigenvalue weighted by Crippen LogP contribution is 2.43. The van der Waals surface area contributed by atoms with Gasteiger partial charge in [-0.3, -0.25) is 5.32 Å². The van der Waals surface area contributed by atoms with Gasteiger partial charge in [0.25, 0.3) is 0 Å². The molecular formula is C51H34N4O2. The maximum Gasteiger partial charge on any atom is 0.142 e. The monoisotopic (exact) mass is 734 g/mol. The third-order valence-electron chi connectivity index (χ3n) is 11.5. The van der Waals surface area contributed by atoms with Crippen LogP contribution in [0.25, 0.3) is 82.5 Å². The van der Waals surface area contributed by atoms with Gasteiger partial charge in [0, 0.05) is 38.1 Å². The Balaban J connectivity index is 0.988. The molecule has 0 amide bonds. The summed E-state index contributed by atoms with van der Waals surface area (Å²) in [6.45, 7) is 0. The zero-order valence-electron chi connectivity index (χ0n) is 30.7. The van der Waals surface area contributed by atoms with Gasteiger partial charge in [0.2, 0.25) is 0 Å². The first-order valence-electron chi connectivity index (χ1n) is 19.4. The highest BCUT2D eigenvalue weighted by Gasteiger charge is 2.28. The largest absolute Gasteiger partial charge is 0.456 e. The third kappa shape index (κ3) is 4.98. The number of fused-ring (bicyclic) bond motifs is 9. The number of aromatic nitrogens is 1. The molecule has 0 fully saturated rings. The van der Waals surface area contributed by atoms with Crippen molar-refractivity contribution < 1.29 is 8.83 Å². The molecule has 0 radical (unpaired) electrons. The number of para-hydroxylation sites is 3. The molecule has 0 bridgehead atoms. The number of hydrogen-bond donors (Lipinski definition) is 2. The zero-order chi connectivity index (χ0) is 37.5. The SMILES string of the molecule is c1ccc(C2=NC(c3ccccc3)NC(c3cccc4c3oc3cccc(-c5ccc6c(c5)oc5cccc(-n7c8ccccc8c8ccccc87)c56)c34)N2)cc1. The summed E-state index contributed by atoms with van der Waals surface area (Å²) in [6, 6.07) is 63.7. The summed E-state index contributed by atoms with van der Waals surface area (Å²) in [5.74, 6) is 0.836. The van der Waals surface area contributed by atoms with Gasteiger partial charge in [-0.2, -0.15) is 0 Å². The molecule has 0 saturated heterocycles. The van der Waals surface area contributed by atoms with Crippen LogP contribution < -0.4 is 10.6 Å². The van der Waals surface area contributed by atoms with Crippen LogP contribution >= 0.6 is 0 Å². The third-order valence-corrected chi connectivity index (χ3v) is 11.5. The summed E-state index contributed by atoms with van der Waals surface area (Å²) in [5.41, 5.74) is 12.1. The average Bonchev–Trinajstić information content (AvgIpc) is 3.96. The van der Waals surface area contributed by atoms with E-state index in [0.29, 0.717) is 0 Å². The molecule has 8 aromatic carbocycles. The Kier molecular flexibility index (Phi) is 7.03. The number of aliphatic imine (C=N–C) groups is 1. The Hall–Kier alpha value is -7.41. The standard InChI is InChI=1S/C51H34N4O2/c1-3-14-31(15-4-1)49-52-50(32-16-5-2-6-17-32)54-51(53-49)39-22-11-21-38-46-34(20-12-26-43(46)57-48(38)39)33-28-29-37-45(30-33)56-44-27-13-25-42(47(37)44)55-40-23-9-7-18-35(40)36-19-8-10-24-41(36)55/h1-30,49,51,53H,(H,52,54). The highest BCUT2D eigenvalue weighted by atomic mass is 16.3. The Morgan fingerprint density at radius 1 is 0.491 bits per heavy atom. The van der Waals surface area contributed by atoms with E-state index in [4.69, 9.17) is 13.8 Å². The Labute approximate surface area is 327 Å². The lowest BCUT2D eigenvalue weighted by Crippen LogP contribution is -2.45. The Bertz CT molecular complexity index is 3320. The minimum Gasteiger partial charge on any atom is -0.456 e. The minimum atomic E-state index is -0.258. The molecule has 1 aliphatic rings. The molecule has 2 unspecified atom stereocenters. The van der Waals surface area contributed by atoms with E-state index in [2.05, 4.69) is 173 Å². The van der Waals surface area contributed by atoms with Gasteiger partial charge in [-0.1, -0.05) is 140 Å². The molecular weight excluding hydrogens is 701 g/mol. The van der Waals surface area contributed by atoms with Gasteiger partial charge in [-0.25, -0.2) is 4.99 Å². The molecule has 6 nitrogen and oxygen atoms in total. The molecule has 2 N–H and O–H groups in total. The topological polar surface area (TPSA) is 67.6 Å². The molecule has 270 valence electrons. The lowest BCUT2D eigenvalue weighted by molar-refractivity contribution is 0.408. The van der Waals surface area contributed by atoms with E-state index in [1.54, 1.807) is 0 Å². The van der Waals surface area contributed by atoms with Crippen molar-refractivity contribution in [1.82, 2.24) is 15.2 Å². The number of amidine groups is 1. The van der Waals surface area contributed by atoms with Crippen molar-refractivity contribution in [2.45, 2.75) is 12.3 Å². The lowest BCUT2D eigenvalue weighted by atomic mass is 9.97. The molecule has 12 rings (SSSR count). The number of furan rings is 2. The number of nitrogens with zero attached hydrogens (tertiary/aromatic N) is 2. The quantitative estimate of drug-likeness (QED) is 0.185. The van der Waals surface area contributed by atoms with Crippen molar-refractivity contribution in [3.63, 3.8) is 0 Å². The second kappa shape index (κ2) is 12.6. The van der Waals surface area contributed by atoms with Gasteiger partial charge in [0.1, 0.15) is 40.5 Å². The molecule has 11 aromatic rings. The second-order valence-corrected chi connectivity index (χ2v) is 14.7. The number of hydrogen-bond acceptors (Lipinski definition) is 5. The molecule has 0 aliphatic carbocycles. The van der Waals surface area contributed by atoms with E-state index < -0.39 is 0 Å². The van der Waals surface area contributed by atoms with Crippen LogP contribution in [-0.2, 0) is 0 Å². The molecule has 0 spiro atoms. The molecule has 57 heavy (non-hydrogen) atoms. The van der Waals surface area contributed by atoms with E-state index in [1.807, 2.05) is 24.3 Å². The smallest absolute Gasteiger partial charge is 0.142 e. The Morgan fingerprint density at radius 3 is 1.95 bits per heavy atom. The van der Waals surface area contributed by atoms with Crippen LogP contribution in [0.3, 0.4) is 0 Å². The van der Waals surface area contributed by atoms with Crippen LogP contribution in [0.1, 0.15) is 29.0 Å². The fraction of sp³-hybridized carbons (Fsp3) is 0.0392. The summed E-state index contributed by atoms with van der Waals surface area (Å²) in [4.78, 5) is 5.12. The predicted octanol–water partition coefficient (Wildman–Crippen LogP) is 12.6. The van der Waals surface area contributed by atoms with E-state index in [-0.39, 0.29) is 12.3 Å². The van der Waals surface area contributed by atoms with Gasteiger partial charge in [-0.05, 0) is 59.2 Å². The number of benzene rings is 8. The second-order valence-electron chi connectivity index (χ2n) is 14.7. The van der Waals surface area contributed by atoms with Crippen LogP contribution in [0.4, 0.5) is 0 Å². The molecule has 2 atom stereocenters. The van der Waals surface area contributed by atoms with Crippen molar-refractivity contribution in [3.05, 3.63) is 199 Å². The number of rotatable bonds is 5. The summed E-state index contributed by atoms with van der Waals surface area (Å²) >= 11 is 0. The maximum atomic E-state index is 6.80. The van der Waals surface area contributed by atoms with Crippen molar-refractivity contribution >= 4 is 71.5 Å². The van der Waals surface area contributed by atoms with Gasteiger partial charge in [0.05, 0.1) is 22.1 Å². The first-order valence-corrected chi connectivity index (χ1v) is 19.4. The van der Waals surface area contributed by atoms with Crippen molar-refractivity contribution in [1.29, 1.82) is 0 Å². The highest BCUT2D eigenvalue weighted by molar-refractivity contribution is 6.17. The van der Waals surface area contributed by atoms with Gasteiger partial charge < -0.3 is 18.7 Å². The average molecular weight is 735 g/mol. The van der Waals surface area contributed by atoms with E-state index in [1.165, 1.54) is 21.8 Å². The molecule has 4 heterocycles. The molecule has 1 aliphatic heterocycles. The van der Waals surface area contributed by atoms with Gasteiger partial charge in [-0.15, -0.1) is 0 Å². The van der Waals surface area contributed by atoms with E-state index in [0.717, 1.165) is 83.2 Å². The van der Waals surface area contributed by atoms with Crippen LogP contribution in [0.5, 0.6) is 0 Å². The summed E-state index contributed by atoms with van der Waals surface area (Å²) in [7, 11) is 0. The van der Waals surface area contributed by atoms with E-state index in [9.17, 15) is 0 Å². The Morgan fingerprint density at radius 2 is 1.16 bits per heavy atom. The fourth-order valence-corrected chi connectivity index (χ4v) is 8.95. The summed E-state index contributed by atoms with van der Waals surface area (Å²) in [5, 5.41) is 14.2. The van der Waals surface area contributed by atoms with Crippen LogP contribution in [0.15, 0.2) is 196 Å². The minimum absolute atomic E-state index is 0.242. The lowest BCUT2D eigenvalue weighted by Gasteiger charge is -2.32. The normalized spacial score (nSPS) is 15.9. The van der Waals surface area contributed by atoms with Gasteiger partial charge in [0.15, 0.2) is 0 Å². The first-order chi connectivity index (χ1) is 28.3. The number of nitrogens with one attached hydrogen (secondary N) is 2. The van der Waals surface area contributed by atoms with Crippen LogP contribution in [-0.4, -0.2) is 10.4 Å². The van der Waals surface area contributed by atoms with Crippen molar-refractivity contribution in [3.8, 4) is 16.8 Å². The predicted molar refractivity (Wildman–Crippen MR) is 232 cm³/mol. The first kappa shape index (κ1) is 31.9. The summed E-state index contributed by atoms with van der Waals surface area (Å²) in [6.07, 6.45) is -0.500. The molecule has 0 saturated carbocycles. The van der Waals surface area contributed by atoms with Crippen molar-refractivity contribution in [2.24, 2.45) is 4.99 Å². The van der Waals surface area contributed by atoms with E-state index >= 15 is 0 Å². The van der Waals surface area contributed by atoms with Crippen molar-refractivity contribution in [2.75, 3.05) is 0 Å². The van der Waals surface area contributed by atoms with Gasteiger partial charge >= 0.3 is 0 Å². The van der Waals surface area contributed by atoms with Crippen LogP contribution in [0, 0.1) is 0 Å².